The van der Waals surface area contributed by atoms with E-state index in [1.165, 1.54) is 0 Å². The molecule has 0 bridgehead atoms. The number of rotatable bonds is 5. The van der Waals surface area contributed by atoms with Crippen LogP contribution in [0.5, 0.6) is 5.75 Å². The number of benzene rings is 1. The Kier molecular flexibility index (Phi) is 4.63. The minimum Gasteiger partial charge on any atom is -0.482 e. The molecule has 0 aromatic heterocycles. The van der Waals surface area contributed by atoms with E-state index in [1.54, 1.807) is 12.1 Å². The van der Waals surface area contributed by atoms with Crippen molar-refractivity contribution >= 4 is 40.5 Å². The van der Waals surface area contributed by atoms with Crippen molar-refractivity contribution in [2.24, 2.45) is 5.41 Å². The molecule has 128 valence electrons. The highest BCUT2D eigenvalue weighted by Gasteiger charge is 2.52. The first-order valence-corrected chi connectivity index (χ1v) is 8.78. The third-order valence-electron chi connectivity index (χ3n) is 4.81. The Bertz CT molecular complexity index is 728. The van der Waals surface area contributed by atoms with Crippen LogP contribution in [0, 0.1) is 5.41 Å². The van der Waals surface area contributed by atoms with Gasteiger partial charge in [0.2, 0.25) is 0 Å². The molecule has 1 aromatic rings. The Labute approximate surface area is 150 Å². The molecule has 0 aliphatic heterocycles. The van der Waals surface area contributed by atoms with Gasteiger partial charge >= 0.3 is 5.97 Å². The van der Waals surface area contributed by atoms with Gasteiger partial charge in [0.15, 0.2) is 12.4 Å². The number of fused-ring (bicyclic) bond motifs is 3. The molecule has 0 heterocycles. The number of hydrogen-bond donors (Lipinski definition) is 1. The number of carboxylic acids is 1. The number of carboxylic acid groups (broad SMARTS) is 1. The van der Waals surface area contributed by atoms with Crippen molar-refractivity contribution in [3.05, 3.63) is 35.4 Å². The average Bonchev–Trinajstić information content (AvgIpc) is 2.85. The number of allylic oxidation sites excluding steroid dienone is 2. The molecular formula is C18H18Cl2O4. The highest BCUT2D eigenvalue weighted by molar-refractivity contribution is 6.41. The van der Waals surface area contributed by atoms with Crippen molar-refractivity contribution in [1.29, 1.82) is 0 Å². The first kappa shape index (κ1) is 17.3. The first-order chi connectivity index (χ1) is 11.4. The molecule has 1 N–H and O–H groups in total. The van der Waals surface area contributed by atoms with Gasteiger partial charge in [-0.1, -0.05) is 19.4 Å². The molecule has 0 amide bonds. The van der Waals surface area contributed by atoms with E-state index < -0.39 is 16.7 Å². The number of ketones is 1. The van der Waals surface area contributed by atoms with Gasteiger partial charge in [-0.2, -0.15) is 0 Å². The van der Waals surface area contributed by atoms with E-state index in [9.17, 15) is 9.59 Å². The Morgan fingerprint density at radius 1 is 1.42 bits per heavy atom. The predicted molar refractivity (Wildman–Crippen MR) is 92.9 cm³/mol. The highest BCUT2D eigenvalue weighted by Crippen LogP contribution is 2.57. The minimum absolute atomic E-state index is 0.155. The van der Waals surface area contributed by atoms with E-state index in [1.807, 2.05) is 12.1 Å². The summed E-state index contributed by atoms with van der Waals surface area (Å²) < 4.78 is 5.26. The van der Waals surface area contributed by atoms with Gasteiger partial charge in [0.05, 0.1) is 5.38 Å². The summed E-state index contributed by atoms with van der Waals surface area (Å²) in [6, 6.07) is 5.44. The second-order valence-corrected chi connectivity index (χ2v) is 7.29. The van der Waals surface area contributed by atoms with Crippen LogP contribution >= 0.6 is 23.2 Å². The van der Waals surface area contributed by atoms with Crippen molar-refractivity contribution < 1.29 is 19.4 Å². The summed E-state index contributed by atoms with van der Waals surface area (Å²) in [6.45, 7) is 1.70. The Morgan fingerprint density at radius 2 is 2.17 bits per heavy atom. The lowest BCUT2D eigenvalue weighted by Crippen LogP contribution is -2.44. The first-order valence-electron chi connectivity index (χ1n) is 7.91. The van der Waals surface area contributed by atoms with E-state index in [4.69, 9.17) is 33.0 Å². The maximum Gasteiger partial charge on any atom is 0.341 e. The third kappa shape index (κ3) is 2.72. The highest BCUT2D eigenvalue weighted by atomic mass is 35.5. The standard InChI is InChI=1S/C18H18Cl2O4/c1-2-5-18-8-10-6-11(24-9-15(22)23)3-4-12(10)13(18)7-14(21)16(19)17(18)20/h3-4,6-7,16-17H,2,5,8-9H2,1H3,(H,22,23). The number of aliphatic carboxylic acids is 1. The summed E-state index contributed by atoms with van der Waals surface area (Å²) in [4.78, 5) is 22.8. The van der Waals surface area contributed by atoms with Crippen molar-refractivity contribution in [2.75, 3.05) is 6.61 Å². The Hall–Kier alpha value is -1.52. The van der Waals surface area contributed by atoms with Gasteiger partial charge in [-0.25, -0.2) is 4.79 Å². The normalized spacial score (nSPS) is 28.1. The lowest BCUT2D eigenvalue weighted by molar-refractivity contribution is -0.139. The van der Waals surface area contributed by atoms with E-state index in [0.717, 1.165) is 29.5 Å². The van der Waals surface area contributed by atoms with E-state index in [-0.39, 0.29) is 17.8 Å². The molecule has 0 radical (unpaired) electrons. The summed E-state index contributed by atoms with van der Waals surface area (Å²) >= 11 is 12.9. The molecule has 0 saturated carbocycles. The van der Waals surface area contributed by atoms with Gasteiger partial charge in [0, 0.05) is 5.41 Å². The Balaban J connectivity index is 2.02. The number of carbonyl (C=O) groups excluding carboxylic acids is 1. The van der Waals surface area contributed by atoms with E-state index >= 15 is 0 Å². The largest absolute Gasteiger partial charge is 0.482 e. The topological polar surface area (TPSA) is 63.6 Å². The molecule has 3 atom stereocenters. The summed E-state index contributed by atoms with van der Waals surface area (Å²) in [7, 11) is 0. The van der Waals surface area contributed by atoms with Crippen LogP contribution < -0.4 is 4.74 Å². The zero-order valence-electron chi connectivity index (χ0n) is 13.2. The summed E-state index contributed by atoms with van der Waals surface area (Å²) in [6.07, 6.45) is 4.07. The van der Waals surface area contributed by atoms with Gasteiger partial charge < -0.3 is 9.84 Å². The Morgan fingerprint density at radius 3 is 2.83 bits per heavy atom. The summed E-state index contributed by atoms with van der Waals surface area (Å²) in [5.74, 6) is -0.676. The van der Waals surface area contributed by atoms with Crippen LogP contribution in [0.1, 0.15) is 30.9 Å². The molecule has 0 spiro atoms. The number of alkyl halides is 2. The molecule has 24 heavy (non-hydrogen) atoms. The zero-order chi connectivity index (χ0) is 17.5. The molecule has 3 unspecified atom stereocenters. The van der Waals surface area contributed by atoms with Crippen molar-refractivity contribution in [3.8, 4) is 5.75 Å². The molecule has 2 aliphatic rings. The van der Waals surface area contributed by atoms with Crippen LogP contribution in [-0.2, 0) is 16.0 Å². The van der Waals surface area contributed by atoms with Crippen molar-refractivity contribution in [1.82, 2.24) is 0 Å². The van der Waals surface area contributed by atoms with Crippen molar-refractivity contribution in [2.45, 2.75) is 36.9 Å². The smallest absolute Gasteiger partial charge is 0.341 e. The minimum atomic E-state index is -1.02. The van der Waals surface area contributed by atoms with Crippen LogP contribution in [0.2, 0.25) is 0 Å². The van der Waals surface area contributed by atoms with E-state index in [2.05, 4.69) is 6.92 Å². The van der Waals surface area contributed by atoms with Gasteiger partial charge in [-0.3, -0.25) is 4.79 Å². The number of hydrogen-bond acceptors (Lipinski definition) is 3. The number of carbonyl (C=O) groups is 2. The zero-order valence-corrected chi connectivity index (χ0v) is 14.7. The summed E-state index contributed by atoms with van der Waals surface area (Å²) in [5, 5.41) is 7.54. The molecule has 2 aliphatic carbocycles. The number of ether oxygens (including phenoxy) is 1. The summed E-state index contributed by atoms with van der Waals surface area (Å²) in [5.41, 5.74) is 2.59. The molecule has 6 heteroatoms. The fraction of sp³-hybridized carbons (Fsp3) is 0.444. The monoisotopic (exact) mass is 368 g/mol. The fourth-order valence-corrected chi connectivity index (χ4v) is 4.57. The maximum atomic E-state index is 12.2. The van der Waals surface area contributed by atoms with Gasteiger partial charge in [-0.05, 0) is 47.8 Å². The van der Waals surface area contributed by atoms with Gasteiger partial charge in [0.25, 0.3) is 0 Å². The third-order valence-corrected chi connectivity index (χ3v) is 6.08. The van der Waals surface area contributed by atoms with Gasteiger partial charge in [0.1, 0.15) is 11.1 Å². The molecule has 4 nitrogen and oxygen atoms in total. The SMILES string of the molecule is CCCC12Cc3cc(OCC(=O)O)ccc3C1=CC(=O)C(Cl)C2Cl. The average molecular weight is 369 g/mol. The lowest BCUT2D eigenvalue weighted by Gasteiger charge is -2.40. The van der Waals surface area contributed by atoms with E-state index in [0.29, 0.717) is 12.2 Å². The predicted octanol–water partition coefficient (Wildman–Crippen LogP) is 3.67. The molecule has 0 saturated heterocycles. The second-order valence-electron chi connectivity index (χ2n) is 6.35. The van der Waals surface area contributed by atoms with Crippen LogP contribution in [0.4, 0.5) is 0 Å². The van der Waals surface area contributed by atoms with Crippen LogP contribution in [-0.4, -0.2) is 34.2 Å². The van der Waals surface area contributed by atoms with Crippen LogP contribution in [0.3, 0.4) is 0 Å². The lowest BCUT2D eigenvalue weighted by atomic mass is 9.69. The molecular weight excluding hydrogens is 351 g/mol. The van der Waals surface area contributed by atoms with Crippen LogP contribution in [0.15, 0.2) is 24.3 Å². The van der Waals surface area contributed by atoms with Crippen LogP contribution in [0.25, 0.3) is 5.57 Å². The fourth-order valence-electron chi connectivity index (χ4n) is 3.84. The maximum absolute atomic E-state index is 12.2. The second kappa shape index (κ2) is 6.41. The molecule has 0 fully saturated rings. The number of halogens is 2. The van der Waals surface area contributed by atoms with Crippen molar-refractivity contribution in [3.63, 3.8) is 0 Å². The molecule has 3 rings (SSSR count). The van der Waals surface area contributed by atoms with Gasteiger partial charge in [-0.15, -0.1) is 23.2 Å². The molecule has 1 aromatic carbocycles. The quantitative estimate of drug-likeness (QED) is 0.805.